The van der Waals surface area contributed by atoms with E-state index < -0.39 is 16.3 Å². The minimum atomic E-state index is -2.46. The number of unbranched alkanes of at least 4 members (excludes halogenated alkanes) is 3. The SMILES string of the molecule is CCCCCCOc1ccc(S(OC(=O)c2ccccc2O)(c2ccccc2)c2ccccc2)cc1. The van der Waals surface area contributed by atoms with Gasteiger partial charge < -0.3 is 14.0 Å². The molecule has 0 saturated carbocycles. The van der Waals surface area contributed by atoms with Gasteiger partial charge in [-0.25, -0.2) is 4.79 Å². The van der Waals surface area contributed by atoms with Gasteiger partial charge in [0.1, 0.15) is 17.1 Å². The molecule has 0 unspecified atom stereocenters. The summed E-state index contributed by atoms with van der Waals surface area (Å²) >= 11 is 0. The van der Waals surface area contributed by atoms with Crippen LogP contribution in [-0.4, -0.2) is 17.7 Å². The fourth-order valence-electron chi connectivity index (χ4n) is 4.03. The van der Waals surface area contributed by atoms with Gasteiger partial charge in [-0.15, -0.1) is 0 Å². The first-order valence-electron chi connectivity index (χ1n) is 12.3. The number of ether oxygens (including phenoxy) is 1. The number of benzene rings is 4. The Labute approximate surface area is 215 Å². The molecule has 0 aliphatic rings. The van der Waals surface area contributed by atoms with E-state index in [2.05, 4.69) is 6.92 Å². The van der Waals surface area contributed by atoms with E-state index in [0.29, 0.717) is 6.61 Å². The first-order valence-corrected chi connectivity index (χ1v) is 13.9. The molecule has 0 aromatic heterocycles. The molecule has 0 spiro atoms. The van der Waals surface area contributed by atoms with Crippen LogP contribution < -0.4 is 4.74 Å². The third-order valence-corrected chi connectivity index (χ3v) is 9.11. The predicted molar refractivity (Wildman–Crippen MR) is 145 cm³/mol. The van der Waals surface area contributed by atoms with Crippen LogP contribution in [0.5, 0.6) is 11.5 Å². The van der Waals surface area contributed by atoms with Crippen molar-refractivity contribution in [3.05, 3.63) is 115 Å². The molecule has 0 fully saturated rings. The molecule has 0 atom stereocenters. The smallest absolute Gasteiger partial charge is 0.353 e. The summed E-state index contributed by atoms with van der Waals surface area (Å²) in [5.74, 6) is 0.104. The molecule has 4 rings (SSSR count). The number of phenols is 1. The van der Waals surface area contributed by atoms with Crippen molar-refractivity contribution in [3.8, 4) is 11.5 Å². The van der Waals surface area contributed by atoms with Crippen molar-refractivity contribution in [1.82, 2.24) is 0 Å². The van der Waals surface area contributed by atoms with Crippen molar-refractivity contribution >= 4 is 16.3 Å². The second kappa shape index (κ2) is 12.3. The molecule has 0 bridgehead atoms. The Kier molecular flexibility index (Phi) is 8.69. The molecular weight excluding hydrogens is 468 g/mol. The molecule has 186 valence electrons. The second-order valence-corrected chi connectivity index (χ2v) is 11.1. The number of carbonyl (C=O) groups is 1. The van der Waals surface area contributed by atoms with Crippen LogP contribution in [-0.2, 0) is 4.18 Å². The maximum absolute atomic E-state index is 13.5. The van der Waals surface area contributed by atoms with Gasteiger partial charge in [-0.1, -0.05) is 74.7 Å². The molecule has 5 heteroatoms. The summed E-state index contributed by atoms with van der Waals surface area (Å²) in [6.07, 6.45) is 4.59. The summed E-state index contributed by atoms with van der Waals surface area (Å²) in [6, 6.07) is 33.9. The predicted octanol–water partition coefficient (Wildman–Crippen LogP) is 8.41. The number of carbonyl (C=O) groups excluding carboxylic acids is 1. The Bertz CT molecular complexity index is 1200. The van der Waals surface area contributed by atoms with E-state index in [9.17, 15) is 9.90 Å². The lowest BCUT2D eigenvalue weighted by Crippen LogP contribution is -2.14. The Morgan fingerprint density at radius 1 is 0.694 bits per heavy atom. The molecule has 36 heavy (non-hydrogen) atoms. The zero-order valence-corrected chi connectivity index (χ0v) is 21.3. The highest BCUT2D eigenvalue weighted by Gasteiger charge is 2.36. The Morgan fingerprint density at radius 2 is 1.25 bits per heavy atom. The lowest BCUT2D eigenvalue weighted by Gasteiger charge is -2.39. The standard InChI is InChI=1S/C31H32O4S/c1-2-3-4-13-24-34-25-20-22-28(23-21-25)36(26-14-7-5-8-15-26,27-16-9-6-10-17-27)35-31(33)29-18-11-12-19-30(29)32/h5-12,14-23,32H,2-4,13,24H2,1H3. The van der Waals surface area contributed by atoms with Crippen LogP contribution in [0.3, 0.4) is 0 Å². The van der Waals surface area contributed by atoms with Crippen molar-refractivity contribution in [2.24, 2.45) is 0 Å². The molecule has 4 nitrogen and oxygen atoms in total. The molecule has 0 saturated heterocycles. The Balaban J connectivity index is 1.76. The number of aromatic hydroxyl groups is 1. The molecule has 1 N–H and O–H groups in total. The van der Waals surface area contributed by atoms with E-state index in [4.69, 9.17) is 8.92 Å². The fraction of sp³-hybridized carbons (Fsp3) is 0.194. The number of hydrogen-bond acceptors (Lipinski definition) is 4. The van der Waals surface area contributed by atoms with Gasteiger partial charge in [-0.3, -0.25) is 0 Å². The zero-order valence-electron chi connectivity index (χ0n) is 20.5. The third-order valence-electron chi connectivity index (χ3n) is 5.90. The van der Waals surface area contributed by atoms with Crippen molar-refractivity contribution in [1.29, 1.82) is 0 Å². The summed E-state index contributed by atoms with van der Waals surface area (Å²) in [5, 5.41) is 10.4. The summed E-state index contributed by atoms with van der Waals surface area (Å²) in [7, 11) is -2.46. The molecule has 4 aromatic carbocycles. The van der Waals surface area contributed by atoms with Crippen LogP contribution in [0, 0.1) is 0 Å². The molecular formula is C31H32O4S. The summed E-state index contributed by atoms with van der Waals surface area (Å²) < 4.78 is 12.4. The van der Waals surface area contributed by atoms with E-state index in [-0.39, 0.29) is 11.3 Å². The zero-order chi connectivity index (χ0) is 25.2. The Morgan fingerprint density at radius 3 is 1.83 bits per heavy atom. The lowest BCUT2D eigenvalue weighted by atomic mass is 10.2. The minimum Gasteiger partial charge on any atom is -0.507 e. The maximum Gasteiger partial charge on any atom is 0.353 e. The van der Waals surface area contributed by atoms with Crippen molar-refractivity contribution in [2.45, 2.75) is 47.3 Å². The number of rotatable bonds is 11. The summed E-state index contributed by atoms with van der Waals surface area (Å²) in [5.41, 5.74) is 0.133. The van der Waals surface area contributed by atoms with Crippen LogP contribution >= 0.6 is 10.3 Å². The van der Waals surface area contributed by atoms with Crippen LogP contribution in [0.15, 0.2) is 124 Å². The van der Waals surface area contributed by atoms with E-state index in [1.54, 1.807) is 18.2 Å². The molecule has 0 aliphatic carbocycles. The molecule has 0 amide bonds. The van der Waals surface area contributed by atoms with Crippen molar-refractivity contribution < 1.29 is 18.8 Å². The molecule has 0 aliphatic heterocycles. The quantitative estimate of drug-likeness (QED) is 0.210. The summed E-state index contributed by atoms with van der Waals surface area (Å²) in [4.78, 5) is 16.1. The molecule has 4 aromatic rings. The lowest BCUT2D eigenvalue weighted by molar-refractivity contribution is 0.0754. The molecule has 0 radical (unpaired) electrons. The average Bonchev–Trinajstić information content (AvgIpc) is 2.93. The third kappa shape index (κ3) is 5.74. The average molecular weight is 501 g/mol. The van der Waals surface area contributed by atoms with Gasteiger partial charge in [0.05, 0.1) is 6.61 Å². The highest BCUT2D eigenvalue weighted by atomic mass is 32.3. The van der Waals surface area contributed by atoms with E-state index >= 15 is 0 Å². The van der Waals surface area contributed by atoms with Crippen LogP contribution in [0.2, 0.25) is 0 Å². The van der Waals surface area contributed by atoms with E-state index in [1.807, 2.05) is 84.9 Å². The largest absolute Gasteiger partial charge is 0.507 e. The van der Waals surface area contributed by atoms with Gasteiger partial charge in [0, 0.05) is 14.7 Å². The Hall–Kier alpha value is -3.70. The van der Waals surface area contributed by atoms with Crippen LogP contribution in [0.25, 0.3) is 0 Å². The van der Waals surface area contributed by atoms with Gasteiger partial charge in [0.2, 0.25) is 0 Å². The van der Waals surface area contributed by atoms with E-state index in [1.165, 1.54) is 18.9 Å². The number of phenolic OH excluding ortho intramolecular Hbond substituents is 1. The van der Waals surface area contributed by atoms with Gasteiger partial charge in [0.25, 0.3) is 0 Å². The molecule has 0 heterocycles. The normalized spacial score (nSPS) is 11.6. The maximum atomic E-state index is 13.5. The van der Waals surface area contributed by atoms with E-state index in [0.717, 1.165) is 33.3 Å². The van der Waals surface area contributed by atoms with Gasteiger partial charge in [-0.2, -0.15) is 0 Å². The summed E-state index contributed by atoms with van der Waals surface area (Å²) in [6.45, 7) is 2.87. The van der Waals surface area contributed by atoms with Crippen molar-refractivity contribution in [2.75, 3.05) is 6.61 Å². The topological polar surface area (TPSA) is 55.8 Å². The second-order valence-electron chi connectivity index (χ2n) is 8.45. The highest BCUT2D eigenvalue weighted by molar-refractivity contribution is 8.30. The van der Waals surface area contributed by atoms with Gasteiger partial charge in [0.15, 0.2) is 0 Å². The van der Waals surface area contributed by atoms with Gasteiger partial charge in [-0.05, 0) is 77.4 Å². The number of hydrogen-bond donors (Lipinski definition) is 1. The van der Waals surface area contributed by atoms with Crippen molar-refractivity contribution in [3.63, 3.8) is 0 Å². The minimum absolute atomic E-state index is 0.108. The first kappa shape index (κ1) is 25.4. The highest BCUT2D eigenvalue weighted by Crippen LogP contribution is 2.69. The monoisotopic (exact) mass is 500 g/mol. The van der Waals surface area contributed by atoms with Crippen LogP contribution in [0.1, 0.15) is 43.0 Å². The number of para-hydroxylation sites is 1. The van der Waals surface area contributed by atoms with Gasteiger partial charge >= 0.3 is 5.97 Å². The fourth-order valence-corrected chi connectivity index (χ4v) is 7.05. The van der Waals surface area contributed by atoms with Crippen LogP contribution in [0.4, 0.5) is 0 Å². The first-order chi connectivity index (χ1) is 17.6.